The van der Waals surface area contributed by atoms with Crippen LogP contribution in [-0.2, 0) is 17.4 Å². The maximum atomic E-state index is 12.2. The summed E-state index contributed by atoms with van der Waals surface area (Å²) in [7, 11) is 1.85. The van der Waals surface area contributed by atoms with Gasteiger partial charge < -0.3 is 15.0 Å². The number of aromatic nitrogens is 3. The predicted octanol–water partition coefficient (Wildman–Crippen LogP) is 0.544. The van der Waals surface area contributed by atoms with Gasteiger partial charge in [-0.2, -0.15) is 5.10 Å². The van der Waals surface area contributed by atoms with Crippen LogP contribution in [0, 0.1) is 0 Å². The van der Waals surface area contributed by atoms with Crippen molar-refractivity contribution in [1.82, 2.24) is 20.1 Å². The summed E-state index contributed by atoms with van der Waals surface area (Å²) in [6.45, 7) is 1.01. The van der Waals surface area contributed by atoms with Gasteiger partial charge >= 0.3 is 0 Å². The molecule has 116 valence electrons. The lowest BCUT2D eigenvalue weighted by Crippen LogP contribution is -2.40. The predicted molar refractivity (Wildman–Crippen MR) is 79.5 cm³/mol. The van der Waals surface area contributed by atoms with Gasteiger partial charge in [0.2, 0.25) is 5.56 Å². The van der Waals surface area contributed by atoms with Crippen molar-refractivity contribution in [1.29, 1.82) is 0 Å². The van der Waals surface area contributed by atoms with Gasteiger partial charge in [-0.25, -0.2) is 0 Å². The molecular formula is C15H18N4O3. The van der Waals surface area contributed by atoms with Gasteiger partial charge in [-0.15, -0.1) is 0 Å². The number of hydrogen-bond acceptors (Lipinski definition) is 4. The van der Waals surface area contributed by atoms with E-state index in [1.165, 1.54) is 12.3 Å². The number of aromatic amines is 1. The van der Waals surface area contributed by atoms with Crippen LogP contribution in [0.25, 0.3) is 0 Å². The Balaban J connectivity index is 1.75. The summed E-state index contributed by atoms with van der Waals surface area (Å²) in [5, 5.41) is 7.04. The van der Waals surface area contributed by atoms with Gasteiger partial charge in [0, 0.05) is 43.2 Å². The highest BCUT2D eigenvalue weighted by molar-refractivity contribution is 5.94. The van der Waals surface area contributed by atoms with Crippen molar-refractivity contribution in [2.75, 3.05) is 13.2 Å². The Morgan fingerprint density at radius 2 is 2.45 bits per heavy atom. The van der Waals surface area contributed by atoms with Crippen LogP contribution in [0.5, 0.6) is 0 Å². The largest absolute Gasteiger partial charge is 0.368 e. The third kappa shape index (κ3) is 2.80. The van der Waals surface area contributed by atoms with E-state index in [2.05, 4.69) is 15.4 Å². The Morgan fingerprint density at radius 1 is 1.59 bits per heavy atom. The van der Waals surface area contributed by atoms with Gasteiger partial charge in [-0.05, 0) is 18.9 Å². The molecule has 3 heterocycles. The Labute approximate surface area is 127 Å². The lowest BCUT2D eigenvalue weighted by molar-refractivity contribution is 0.00130. The number of rotatable bonds is 4. The maximum Gasteiger partial charge on any atom is 0.251 e. The molecule has 0 aliphatic carbocycles. The highest BCUT2D eigenvalue weighted by Crippen LogP contribution is 2.35. The van der Waals surface area contributed by atoms with E-state index in [1.54, 1.807) is 16.9 Å². The fourth-order valence-corrected chi connectivity index (χ4v) is 2.73. The van der Waals surface area contributed by atoms with Gasteiger partial charge in [0.25, 0.3) is 5.91 Å². The van der Waals surface area contributed by atoms with E-state index in [0.29, 0.717) is 18.7 Å². The Morgan fingerprint density at radius 3 is 3.09 bits per heavy atom. The zero-order valence-electron chi connectivity index (χ0n) is 12.3. The number of pyridine rings is 1. The number of nitrogens with one attached hydrogen (secondary N) is 2. The number of ether oxygens (including phenoxy) is 1. The molecule has 0 radical (unpaired) electrons. The maximum absolute atomic E-state index is 12.2. The van der Waals surface area contributed by atoms with Crippen LogP contribution in [0.4, 0.5) is 0 Å². The lowest BCUT2D eigenvalue weighted by atomic mass is 9.93. The summed E-state index contributed by atoms with van der Waals surface area (Å²) >= 11 is 0. The molecule has 7 heteroatoms. The van der Waals surface area contributed by atoms with E-state index < -0.39 is 5.60 Å². The van der Waals surface area contributed by atoms with Crippen LogP contribution in [0.1, 0.15) is 28.8 Å². The quantitative estimate of drug-likeness (QED) is 0.863. The summed E-state index contributed by atoms with van der Waals surface area (Å²) in [4.78, 5) is 26.0. The molecule has 0 saturated carbocycles. The monoisotopic (exact) mass is 302 g/mol. The van der Waals surface area contributed by atoms with Crippen molar-refractivity contribution in [2.45, 2.75) is 18.4 Å². The van der Waals surface area contributed by atoms with Crippen molar-refractivity contribution in [3.8, 4) is 0 Å². The Kier molecular flexibility index (Phi) is 3.81. The van der Waals surface area contributed by atoms with E-state index in [1.807, 2.05) is 13.2 Å². The molecule has 3 rings (SSSR count). The van der Waals surface area contributed by atoms with Gasteiger partial charge in [0.15, 0.2) is 0 Å². The highest BCUT2D eigenvalue weighted by Gasteiger charge is 2.38. The summed E-state index contributed by atoms with van der Waals surface area (Å²) in [6.07, 6.45) is 6.90. The Bertz CT molecular complexity index is 728. The number of carbonyl (C=O) groups excluding carboxylic acids is 1. The summed E-state index contributed by atoms with van der Waals surface area (Å²) < 4.78 is 7.63. The normalized spacial score (nSPS) is 21.0. The summed E-state index contributed by atoms with van der Waals surface area (Å²) in [6, 6.07) is 2.85. The molecule has 1 atom stereocenters. The number of carbonyl (C=O) groups is 1. The first kappa shape index (κ1) is 14.5. The number of nitrogens with zero attached hydrogens (tertiary/aromatic N) is 2. The number of hydrogen-bond donors (Lipinski definition) is 2. The van der Waals surface area contributed by atoms with Gasteiger partial charge in [0.1, 0.15) is 5.60 Å². The summed E-state index contributed by atoms with van der Waals surface area (Å²) in [5.74, 6) is -0.287. The average molecular weight is 302 g/mol. The van der Waals surface area contributed by atoms with Crippen LogP contribution in [0.2, 0.25) is 0 Å². The van der Waals surface area contributed by atoms with Crippen LogP contribution in [0.15, 0.2) is 35.5 Å². The van der Waals surface area contributed by atoms with E-state index in [-0.39, 0.29) is 11.5 Å². The smallest absolute Gasteiger partial charge is 0.251 e. The van der Waals surface area contributed by atoms with Crippen molar-refractivity contribution in [2.24, 2.45) is 7.05 Å². The first-order valence-electron chi connectivity index (χ1n) is 7.19. The standard InChI is InChI=1S/C15H18N4O3/c1-19-9-12(8-18-19)15(4-2-6-22-15)10-17-14(21)11-3-5-16-13(20)7-11/h3,5,7-9H,2,4,6,10H2,1H3,(H,16,20)(H,17,21). The van der Waals surface area contributed by atoms with E-state index >= 15 is 0 Å². The van der Waals surface area contributed by atoms with Gasteiger partial charge in [0.05, 0.1) is 12.7 Å². The van der Waals surface area contributed by atoms with E-state index in [9.17, 15) is 9.59 Å². The molecule has 0 aromatic carbocycles. The van der Waals surface area contributed by atoms with E-state index in [4.69, 9.17) is 4.74 Å². The topological polar surface area (TPSA) is 89.0 Å². The molecule has 1 saturated heterocycles. The molecule has 1 aliphatic heterocycles. The zero-order valence-corrected chi connectivity index (χ0v) is 12.3. The van der Waals surface area contributed by atoms with Crippen molar-refractivity contribution in [3.63, 3.8) is 0 Å². The number of H-pyrrole nitrogens is 1. The van der Waals surface area contributed by atoms with Crippen molar-refractivity contribution < 1.29 is 9.53 Å². The van der Waals surface area contributed by atoms with Gasteiger partial charge in [-0.1, -0.05) is 0 Å². The first-order valence-corrected chi connectivity index (χ1v) is 7.19. The second kappa shape index (κ2) is 5.76. The van der Waals surface area contributed by atoms with Crippen LogP contribution in [0.3, 0.4) is 0 Å². The molecule has 2 aromatic rings. The Hall–Kier alpha value is -2.41. The molecule has 2 aromatic heterocycles. The number of amides is 1. The minimum absolute atomic E-state index is 0.287. The molecule has 1 unspecified atom stereocenters. The van der Waals surface area contributed by atoms with Crippen molar-refractivity contribution >= 4 is 5.91 Å². The SMILES string of the molecule is Cn1cc(C2(CNC(=O)c3cc[nH]c(=O)c3)CCCO2)cn1. The molecule has 1 aliphatic rings. The summed E-state index contributed by atoms with van der Waals surface area (Å²) in [5.41, 5.74) is 0.457. The number of aryl methyl sites for hydroxylation is 1. The van der Waals surface area contributed by atoms with Crippen LogP contribution < -0.4 is 10.9 Å². The first-order chi connectivity index (χ1) is 10.6. The molecule has 7 nitrogen and oxygen atoms in total. The second-order valence-electron chi connectivity index (χ2n) is 5.47. The van der Waals surface area contributed by atoms with E-state index in [0.717, 1.165) is 18.4 Å². The molecule has 0 spiro atoms. The molecule has 22 heavy (non-hydrogen) atoms. The minimum Gasteiger partial charge on any atom is -0.368 e. The van der Waals surface area contributed by atoms with Gasteiger partial charge in [-0.3, -0.25) is 14.3 Å². The second-order valence-corrected chi connectivity index (χ2v) is 5.47. The van der Waals surface area contributed by atoms with Crippen molar-refractivity contribution in [3.05, 3.63) is 52.2 Å². The lowest BCUT2D eigenvalue weighted by Gasteiger charge is -2.27. The third-order valence-electron chi connectivity index (χ3n) is 3.91. The molecule has 0 bridgehead atoms. The van der Waals surface area contributed by atoms with Crippen LogP contribution in [-0.4, -0.2) is 33.8 Å². The zero-order chi connectivity index (χ0) is 15.6. The van der Waals surface area contributed by atoms with Crippen LogP contribution >= 0.6 is 0 Å². The fraction of sp³-hybridized carbons (Fsp3) is 0.400. The fourth-order valence-electron chi connectivity index (χ4n) is 2.73. The highest BCUT2D eigenvalue weighted by atomic mass is 16.5. The molecule has 1 amide bonds. The molecule has 1 fully saturated rings. The average Bonchev–Trinajstić information content (AvgIpc) is 3.14. The minimum atomic E-state index is -0.537. The molecule has 2 N–H and O–H groups in total. The molecular weight excluding hydrogens is 284 g/mol. The third-order valence-corrected chi connectivity index (χ3v) is 3.91.